The Morgan fingerprint density at radius 1 is 1.35 bits per heavy atom. The number of hydrogen-bond donors (Lipinski definition) is 2. The van der Waals surface area contributed by atoms with Crippen molar-refractivity contribution in [2.45, 2.75) is 17.9 Å². The van der Waals surface area contributed by atoms with Crippen LogP contribution in [0.15, 0.2) is 41.9 Å². The zero-order chi connectivity index (χ0) is 14.4. The summed E-state index contributed by atoms with van der Waals surface area (Å²) in [4.78, 5) is 8.12. The molecule has 2 aromatic rings. The van der Waals surface area contributed by atoms with Crippen LogP contribution in [0.1, 0.15) is 6.42 Å². The van der Waals surface area contributed by atoms with Crippen LogP contribution in [0.3, 0.4) is 0 Å². The summed E-state index contributed by atoms with van der Waals surface area (Å²) in [7, 11) is -1.80. The van der Waals surface area contributed by atoms with Crippen molar-refractivity contribution < 1.29 is 8.42 Å². The van der Waals surface area contributed by atoms with Gasteiger partial charge in [0.1, 0.15) is 5.82 Å². The predicted octanol–water partition coefficient (Wildman–Crippen LogP) is 0.688. The van der Waals surface area contributed by atoms with Crippen LogP contribution >= 0.6 is 0 Å². The molecule has 0 aliphatic rings. The van der Waals surface area contributed by atoms with Gasteiger partial charge in [-0.1, -0.05) is 0 Å². The summed E-state index contributed by atoms with van der Waals surface area (Å²) in [6, 6.07) is 2.97. The molecule has 7 nitrogen and oxygen atoms in total. The van der Waals surface area contributed by atoms with Crippen LogP contribution in [0.2, 0.25) is 0 Å². The third-order valence-corrected chi connectivity index (χ3v) is 4.20. The number of nitrogens with one attached hydrogen (secondary N) is 2. The molecule has 2 rings (SSSR count). The molecule has 0 aliphatic carbocycles. The number of rotatable bonds is 7. The fraction of sp³-hybridized carbons (Fsp3) is 0.333. The maximum atomic E-state index is 12.1. The van der Waals surface area contributed by atoms with Crippen molar-refractivity contribution in [3.05, 3.63) is 37.1 Å². The molecule has 0 aromatic carbocycles. The predicted molar refractivity (Wildman–Crippen MR) is 75.8 cm³/mol. The van der Waals surface area contributed by atoms with E-state index in [0.29, 0.717) is 18.8 Å². The average Bonchev–Trinajstić information content (AvgIpc) is 2.97. The monoisotopic (exact) mass is 295 g/mol. The Balaban J connectivity index is 1.90. The number of aromatic nitrogens is 3. The van der Waals surface area contributed by atoms with Gasteiger partial charge in [-0.25, -0.2) is 23.1 Å². The topological polar surface area (TPSA) is 88.9 Å². The number of hydrogen-bond acceptors (Lipinski definition) is 5. The number of anilines is 1. The molecular weight excluding hydrogens is 278 g/mol. The van der Waals surface area contributed by atoms with Crippen molar-refractivity contribution in [2.75, 3.05) is 18.9 Å². The lowest BCUT2D eigenvalue weighted by atomic mass is 10.4. The van der Waals surface area contributed by atoms with E-state index in [0.717, 1.165) is 6.54 Å². The lowest BCUT2D eigenvalue weighted by Crippen LogP contribution is -2.25. The van der Waals surface area contributed by atoms with Gasteiger partial charge in [-0.05, 0) is 12.5 Å². The Bertz CT molecular complexity index is 640. The number of nitrogens with zero attached hydrogens (tertiary/aromatic N) is 3. The van der Waals surface area contributed by atoms with Gasteiger partial charge in [-0.3, -0.25) is 0 Å². The van der Waals surface area contributed by atoms with Crippen molar-refractivity contribution >= 4 is 15.8 Å². The summed E-state index contributed by atoms with van der Waals surface area (Å²) in [5.41, 5.74) is 0. The Hall–Kier alpha value is -1.93. The highest BCUT2D eigenvalue weighted by molar-refractivity contribution is 7.89. The molecule has 2 aromatic heterocycles. The molecule has 0 aliphatic heterocycles. The van der Waals surface area contributed by atoms with Crippen LogP contribution in [-0.2, 0) is 16.6 Å². The van der Waals surface area contributed by atoms with Gasteiger partial charge in [0.05, 0.1) is 11.2 Å². The average molecular weight is 295 g/mol. The van der Waals surface area contributed by atoms with E-state index in [1.54, 1.807) is 19.6 Å². The van der Waals surface area contributed by atoms with Crippen LogP contribution in [0.5, 0.6) is 0 Å². The minimum Gasteiger partial charge on any atom is -0.373 e. The van der Waals surface area contributed by atoms with E-state index in [4.69, 9.17) is 0 Å². The van der Waals surface area contributed by atoms with E-state index < -0.39 is 10.0 Å². The van der Waals surface area contributed by atoms with Gasteiger partial charge >= 0.3 is 0 Å². The Morgan fingerprint density at radius 3 is 2.90 bits per heavy atom. The van der Waals surface area contributed by atoms with Crippen molar-refractivity contribution in [1.29, 1.82) is 0 Å². The summed E-state index contributed by atoms with van der Waals surface area (Å²) in [5, 5.41) is 2.81. The van der Waals surface area contributed by atoms with E-state index in [1.165, 1.54) is 18.3 Å². The van der Waals surface area contributed by atoms with E-state index in [-0.39, 0.29) is 4.90 Å². The number of aryl methyl sites for hydroxylation is 1. The second-order valence-corrected chi connectivity index (χ2v) is 5.95. The lowest BCUT2D eigenvalue weighted by Gasteiger charge is -2.08. The molecule has 8 heteroatoms. The second kappa shape index (κ2) is 6.49. The molecule has 0 saturated carbocycles. The first-order chi connectivity index (χ1) is 9.62. The maximum absolute atomic E-state index is 12.1. The van der Waals surface area contributed by atoms with Crippen molar-refractivity contribution in [1.82, 2.24) is 19.3 Å². The molecule has 0 fully saturated rings. The molecule has 0 atom stereocenters. The molecule has 0 radical (unpaired) electrons. The zero-order valence-electron chi connectivity index (χ0n) is 11.2. The normalized spacial score (nSPS) is 11.4. The van der Waals surface area contributed by atoms with E-state index in [9.17, 15) is 8.42 Å². The fourth-order valence-corrected chi connectivity index (χ4v) is 2.77. The lowest BCUT2D eigenvalue weighted by molar-refractivity contribution is 0.569. The molecule has 0 saturated heterocycles. The Morgan fingerprint density at radius 2 is 2.20 bits per heavy atom. The second-order valence-electron chi connectivity index (χ2n) is 4.18. The first-order valence-electron chi connectivity index (χ1n) is 6.21. The van der Waals surface area contributed by atoms with Gasteiger partial charge in [0, 0.05) is 44.8 Å². The van der Waals surface area contributed by atoms with Gasteiger partial charge in [-0.2, -0.15) is 0 Å². The molecule has 0 unspecified atom stereocenters. The van der Waals surface area contributed by atoms with E-state index >= 15 is 0 Å². The molecule has 0 spiro atoms. The van der Waals surface area contributed by atoms with Crippen molar-refractivity contribution in [3.8, 4) is 0 Å². The van der Waals surface area contributed by atoms with Gasteiger partial charge in [0.25, 0.3) is 0 Å². The molecule has 0 amide bonds. The molecule has 108 valence electrons. The van der Waals surface area contributed by atoms with Crippen LogP contribution in [0.4, 0.5) is 5.82 Å². The quantitative estimate of drug-likeness (QED) is 0.734. The first kappa shape index (κ1) is 14.5. The van der Waals surface area contributed by atoms with E-state index in [2.05, 4.69) is 20.0 Å². The standard InChI is InChI=1S/C12H17N5O2S/c1-13-12-9-11(3-5-15-12)20(18,19)16-4-2-7-17-8-6-14-10-17/h3,5-6,8-10,16H,2,4,7H2,1H3,(H,13,15). The molecule has 2 N–H and O–H groups in total. The summed E-state index contributed by atoms with van der Waals surface area (Å²) in [6.45, 7) is 1.10. The zero-order valence-corrected chi connectivity index (χ0v) is 12.0. The largest absolute Gasteiger partial charge is 0.373 e. The maximum Gasteiger partial charge on any atom is 0.240 e. The van der Waals surface area contributed by atoms with Crippen LogP contribution in [0.25, 0.3) is 0 Å². The third-order valence-electron chi connectivity index (χ3n) is 2.74. The molecular formula is C12H17N5O2S. The SMILES string of the molecule is CNc1cc(S(=O)(=O)NCCCn2ccnc2)ccn1. The van der Waals surface area contributed by atoms with Crippen LogP contribution < -0.4 is 10.0 Å². The van der Waals surface area contributed by atoms with E-state index in [1.807, 2.05) is 10.8 Å². The first-order valence-corrected chi connectivity index (χ1v) is 7.69. The third kappa shape index (κ3) is 3.78. The smallest absolute Gasteiger partial charge is 0.240 e. The summed E-state index contributed by atoms with van der Waals surface area (Å²) in [5.74, 6) is 0.520. The highest BCUT2D eigenvalue weighted by Crippen LogP contribution is 2.11. The van der Waals surface area contributed by atoms with Gasteiger partial charge in [0.15, 0.2) is 0 Å². The van der Waals surface area contributed by atoms with Gasteiger partial charge in [-0.15, -0.1) is 0 Å². The fourth-order valence-electron chi connectivity index (χ4n) is 1.69. The minimum absolute atomic E-state index is 0.208. The van der Waals surface area contributed by atoms with Crippen LogP contribution in [-0.4, -0.2) is 36.5 Å². The number of pyridine rings is 1. The van der Waals surface area contributed by atoms with Crippen molar-refractivity contribution in [3.63, 3.8) is 0 Å². The van der Waals surface area contributed by atoms with Gasteiger partial charge < -0.3 is 9.88 Å². The highest BCUT2D eigenvalue weighted by atomic mass is 32.2. The highest BCUT2D eigenvalue weighted by Gasteiger charge is 2.13. The molecule has 20 heavy (non-hydrogen) atoms. The molecule has 2 heterocycles. The summed E-state index contributed by atoms with van der Waals surface area (Å²) < 4.78 is 28.6. The Labute approximate surface area is 118 Å². The van der Waals surface area contributed by atoms with Crippen LogP contribution in [0, 0.1) is 0 Å². The van der Waals surface area contributed by atoms with Gasteiger partial charge in [0.2, 0.25) is 10.0 Å². The number of imidazole rings is 1. The summed E-state index contributed by atoms with van der Waals surface area (Å²) >= 11 is 0. The summed E-state index contributed by atoms with van der Waals surface area (Å²) in [6.07, 6.45) is 7.40. The Kier molecular flexibility index (Phi) is 4.70. The minimum atomic E-state index is -3.49. The molecule has 0 bridgehead atoms. The number of sulfonamides is 1. The van der Waals surface area contributed by atoms with Crippen molar-refractivity contribution in [2.24, 2.45) is 0 Å².